The molecule has 0 spiro atoms. The zero-order valence-corrected chi connectivity index (χ0v) is 15.0. The Balaban J connectivity index is 1.71. The number of carbonyl (C=O) groups is 1. The van der Waals surface area contributed by atoms with Crippen LogP contribution in [0.3, 0.4) is 0 Å². The van der Waals surface area contributed by atoms with Crippen LogP contribution in [-0.2, 0) is 0 Å². The first-order chi connectivity index (χ1) is 13.1. The maximum Gasteiger partial charge on any atom is 0.422 e. The second-order valence-corrected chi connectivity index (χ2v) is 6.33. The lowest BCUT2D eigenvalue weighted by molar-refractivity contribution is -0.153. The molecule has 0 aliphatic carbocycles. The summed E-state index contributed by atoms with van der Waals surface area (Å²) in [7, 11) is 1.58. The molecule has 1 aromatic carbocycles. The van der Waals surface area contributed by atoms with Crippen molar-refractivity contribution < 1.29 is 27.1 Å². The summed E-state index contributed by atoms with van der Waals surface area (Å²) in [5.74, 6) is -0.743. The van der Waals surface area contributed by atoms with E-state index < -0.39 is 24.6 Å². The van der Waals surface area contributed by atoms with Crippen LogP contribution in [0.15, 0.2) is 42.6 Å². The molecule has 3 rings (SSSR count). The van der Waals surface area contributed by atoms with Crippen molar-refractivity contribution in [1.29, 1.82) is 0 Å². The van der Waals surface area contributed by atoms with E-state index in [4.69, 9.17) is 0 Å². The quantitative estimate of drug-likeness (QED) is 0.649. The van der Waals surface area contributed by atoms with Gasteiger partial charge in [0.15, 0.2) is 6.61 Å². The van der Waals surface area contributed by atoms with Crippen LogP contribution in [-0.4, -0.2) is 40.6 Å². The van der Waals surface area contributed by atoms with E-state index in [0.29, 0.717) is 22.3 Å². The number of benzene rings is 1. The molecule has 0 radical (unpaired) electrons. The van der Waals surface area contributed by atoms with Gasteiger partial charge in [0, 0.05) is 18.0 Å². The van der Waals surface area contributed by atoms with Crippen molar-refractivity contribution in [3.05, 3.63) is 59.8 Å². The maximum absolute atomic E-state index is 13.3. The summed E-state index contributed by atoms with van der Waals surface area (Å²) in [6.07, 6.45) is -3.25. The predicted octanol–water partition coefficient (Wildman–Crippen LogP) is 4.48. The van der Waals surface area contributed by atoms with Crippen molar-refractivity contribution in [3.8, 4) is 5.75 Å². The van der Waals surface area contributed by atoms with Gasteiger partial charge in [-0.1, -0.05) is 0 Å². The molecule has 3 aromatic rings. The molecule has 0 aliphatic rings. The SMILES string of the molecule is C[C@H](c1ccc(OCC(F)(F)F)cn1)N(C)C(=O)c1cc2cc(F)ccc2[nH]1. The molecule has 1 amide bonds. The van der Waals surface area contributed by atoms with E-state index in [1.54, 1.807) is 26.1 Å². The van der Waals surface area contributed by atoms with Gasteiger partial charge in [-0.05, 0) is 43.3 Å². The van der Waals surface area contributed by atoms with Gasteiger partial charge in [-0.25, -0.2) is 4.39 Å². The number of rotatable bonds is 5. The number of aromatic nitrogens is 2. The molecule has 0 aliphatic heterocycles. The fraction of sp³-hybridized carbons (Fsp3) is 0.263. The lowest BCUT2D eigenvalue weighted by Crippen LogP contribution is -2.30. The van der Waals surface area contributed by atoms with Gasteiger partial charge in [0.1, 0.15) is 17.3 Å². The molecule has 1 N–H and O–H groups in total. The lowest BCUT2D eigenvalue weighted by Gasteiger charge is -2.24. The Morgan fingerprint density at radius 1 is 1.25 bits per heavy atom. The Morgan fingerprint density at radius 3 is 2.64 bits per heavy atom. The summed E-state index contributed by atoms with van der Waals surface area (Å²) in [6, 6.07) is 8.15. The number of H-pyrrole nitrogens is 1. The number of aromatic amines is 1. The van der Waals surface area contributed by atoms with Crippen LogP contribution in [0.25, 0.3) is 10.9 Å². The number of hydrogen-bond acceptors (Lipinski definition) is 3. The van der Waals surface area contributed by atoms with Crippen molar-refractivity contribution in [2.45, 2.75) is 19.1 Å². The monoisotopic (exact) mass is 395 g/mol. The number of hydrogen-bond donors (Lipinski definition) is 1. The molecular weight excluding hydrogens is 378 g/mol. The van der Waals surface area contributed by atoms with E-state index >= 15 is 0 Å². The largest absolute Gasteiger partial charge is 0.483 e. The van der Waals surface area contributed by atoms with Crippen molar-refractivity contribution in [2.24, 2.45) is 0 Å². The molecule has 0 saturated heterocycles. The number of nitrogens with zero attached hydrogens (tertiary/aromatic N) is 2. The summed E-state index contributed by atoms with van der Waals surface area (Å²) in [5, 5.41) is 0.577. The standard InChI is InChI=1S/C19H17F4N3O2/c1-11(15-6-4-14(9-24-15)28-10-19(21,22)23)26(2)18(27)17-8-12-7-13(20)3-5-16(12)25-17/h3-9,11,25H,10H2,1-2H3/t11-/m1/s1. The van der Waals surface area contributed by atoms with Gasteiger partial charge in [-0.15, -0.1) is 0 Å². The predicted molar refractivity (Wildman–Crippen MR) is 94.6 cm³/mol. The second-order valence-electron chi connectivity index (χ2n) is 6.33. The number of fused-ring (bicyclic) bond motifs is 1. The van der Waals surface area contributed by atoms with Crippen molar-refractivity contribution in [3.63, 3.8) is 0 Å². The first kappa shape index (κ1) is 19.7. The van der Waals surface area contributed by atoms with Gasteiger partial charge in [0.25, 0.3) is 5.91 Å². The van der Waals surface area contributed by atoms with Gasteiger partial charge in [-0.2, -0.15) is 13.2 Å². The third-order valence-corrected chi connectivity index (χ3v) is 4.30. The number of alkyl halides is 3. The van der Waals surface area contributed by atoms with Crippen LogP contribution in [0.1, 0.15) is 29.1 Å². The van der Waals surface area contributed by atoms with Crippen LogP contribution < -0.4 is 4.74 Å². The second kappa shape index (κ2) is 7.49. The first-order valence-corrected chi connectivity index (χ1v) is 8.35. The van der Waals surface area contributed by atoms with Gasteiger partial charge in [0.05, 0.1) is 17.9 Å². The number of halogens is 4. The van der Waals surface area contributed by atoms with Crippen LogP contribution in [0.5, 0.6) is 5.75 Å². The number of ether oxygens (including phenoxy) is 1. The fourth-order valence-corrected chi connectivity index (χ4v) is 2.67. The van der Waals surface area contributed by atoms with Gasteiger partial charge in [-0.3, -0.25) is 9.78 Å². The Bertz CT molecular complexity index is 983. The Morgan fingerprint density at radius 2 is 2.00 bits per heavy atom. The molecule has 2 heterocycles. The Labute approximate surface area is 157 Å². The number of amides is 1. The maximum atomic E-state index is 13.3. The van der Waals surface area contributed by atoms with Gasteiger partial charge < -0.3 is 14.6 Å². The van der Waals surface area contributed by atoms with Crippen LogP contribution in [0, 0.1) is 5.82 Å². The smallest absolute Gasteiger partial charge is 0.422 e. The molecule has 148 valence electrons. The van der Waals surface area contributed by atoms with Crippen LogP contribution >= 0.6 is 0 Å². The zero-order valence-electron chi connectivity index (χ0n) is 15.0. The van der Waals surface area contributed by atoms with E-state index in [1.165, 1.54) is 35.4 Å². The third kappa shape index (κ3) is 4.41. The summed E-state index contributed by atoms with van der Waals surface area (Å²) in [5.41, 5.74) is 1.41. The highest BCUT2D eigenvalue weighted by molar-refractivity contribution is 5.98. The molecule has 1 atom stereocenters. The summed E-state index contributed by atoms with van der Waals surface area (Å²) >= 11 is 0. The Hall–Kier alpha value is -3.10. The molecule has 28 heavy (non-hydrogen) atoms. The number of carbonyl (C=O) groups excluding carboxylic acids is 1. The molecular formula is C19H17F4N3O2. The molecule has 5 nitrogen and oxygen atoms in total. The minimum absolute atomic E-state index is 0.0140. The minimum Gasteiger partial charge on any atom is -0.483 e. The third-order valence-electron chi connectivity index (χ3n) is 4.30. The average Bonchev–Trinajstić information content (AvgIpc) is 3.07. The number of nitrogens with one attached hydrogen (secondary N) is 1. The van der Waals surface area contributed by atoms with Crippen molar-refractivity contribution in [2.75, 3.05) is 13.7 Å². The van der Waals surface area contributed by atoms with E-state index in [-0.39, 0.29) is 11.7 Å². The van der Waals surface area contributed by atoms with Crippen molar-refractivity contribution >= 4 is 16.8 Å². The molecule has 9 heteroatoms. The molecule has 0 fully saturated rings. The van der Waals surface area contributed by atoms with Gasteiger partial charge in [0.2, 0.25) is 0 Å². The zero-order chi connectivity index (χ0) is 20.5. The normalized spacial score (nSPS) is 12.8. The van der Waals surface area contributed by atoms with E-state index in [0.717, 1.165) is 0 Å². The summed E-state index contributed by atoms with van der Waals surface area (Å²) < 4.78 is 54.5. The molecule has 0 bridgehead atoms. The molecule has 2 aromatic heterocycles. The van der Waals surface area contributed by atoms with Crippen LogP contribution in [0.4, 0.5) is 17.6 Å². The molecule has 0 saturated carbocycles. The topological polar surface area (TPSA) is 58.2 Å². The molecule has 0 unspecified atom stereocenters. The summed E-state index contributed by atoms with van der Waals surface area (Å²) in [6.45, 7) is 0.335. The highest BCUT2D eigenvalue weighted by Crippen LogP contribution is 2.24. The highest BCUT2D eigenvalue weighted by atomic mass is 19.4. The summed E-state index contributed by atoms with van der Waals surface area (Å²) in [4.78, 5) is 21.2. The lowest BCUT2D eigenvalue weighted by atomic mass is 10.1. The average molecular weight is 395 g/mol. The number of pyridine rings is 1. The fourth-order valence-electron chi connectivity index (χ4n) is 2.67. The van der Waals surface area contributed by atoms with Crippen LogP contribution in [0.2, 0.25) is 0 Å². The van der Waals surface area contributed by atoms with E-state index in [2.05, 4.69) is 14.7 Å². The first-order valence-electron chi connectivity index (χ1n) is 8.35. The highest BCUT2D eigenvalue weighted by Gasteiger charge is 2.28. The minimum atomic E-state index is -4.43. The van der Waals surface area contributed by atoms with E-state index in [1.807, 2.05) is 0 Å². The Kier molecular flexibility index (Phi) is 5.26. The van der Waals surface area contributed by atoms with Crippen molar-refractivity contribution in [1.82, 2.24) is 14.9 Å². The van der Waals surface area contributed by atoms with Gasteiger partial charge >= 0.3 is 6.18 Å². The van der Waals surface area contributed by atoms with E-state index in [9.17, 15) is 22.4 Å².